The first-order valence-electron chi connectivity index (χ1n) is 6.69. The number of carbonyl (C=O) groups is 1. The third-order valence-corrected chi connectivity index (χ3v) is 3.96. The molecule has 2 aliphatic rings. The van der Waals surface area contributed by atoms with Crippen LogP contribution in [0.1, 0.15) is 30.7 Å². The maximum atomic E-state index is 11.3. The molecular formula is C13H18N4O2. The van der Waals surface area contributed by atoms with Gasteiger partial charge in [0.15, 0.2) is 0 Å². The monoisotopic (exact) mass is 262 g/mol. The molecule has 102 valence electrons. The first kappa shape index (κ1) is 12.3. The summed E-state index contributed by atoms with van der Waals surface area (Å²) in [5, 5.41) is 9.86. The van der Waals surface area contributed by atoms with E-state index in [1.807, 2.05) is 4.90 Å². The van der Waals surface area contributed by atoms with Gasteiger partial charge in [-0.05, 0) is 12.8 Å². The number of piperazine rings is 1. The van der Waals surface area contributed by atoms with E-state index < -0.39 is 6.10 Å². The Morgan fingerprint density at radius 3 is 2.74 bits per heavy atom. The second kappa shape index (κ2) is 4.77. The molecule has 1 aromatic rings. The highest BCUT2D eigenvalue weighted by molar-refractivity contribution is 5.73. The second-order valence-electron chi connectivity index (χ2n) is 5.11. The number of aromatic nitrogens is 2. The summed E-state index contributed by atoms with van der Waals surface area (Å²) >= 11 is 0. The van der Waals surface area contributed by atoms with E-state index in [1.165, 1.54) is 6.33 Å². The number of aliphatic hydroxyl groups excluding tert-OH is 1. The fraction of sp³-hybridized carbons (Fsp3) is 0.615. The number of rotatable bonds is 1. The van der Waals surface area contributed by atoms with Crippen molar-refractivity contribution in [3.8, 4) is 0 Å². The van der Waals surface area contributed by atoms with Crippen molar-refractivity contribution in [1.29, 1.82) is 0 Å². The van der Waals surface area contributed by atoms with Crippen molar-refractivity contribution in [1.82, 2.24) is 14.9 Å². The molecule has 1 N–H and O–H groups in total. The highest BCUT2D eigenvalue weighted by Gasteiger charge is 2.28. The highest BCUT2D eigenvalue weighted by Crippen LogP contribution is 2.34. The van der Waals surface area contributed by atoms with E-state index in [1.54, 1.807) is 6.92 Å². The molecule has 0 radical (unpaired) electrons. The summed E-state index contributed by atoms with van der Waals surface area (Å²) in [6.45, 7) is 4.65. The molecule has 1 atom stereocenters. The Morgan fingerprint density at radius 1 is 1.32 bits per heavy atom. The third-order valence-electron chi connectivity index (χ3n) is 3.96. The van der Waals surface area contributed by atoms with E-state index in [0.717, 1.165) is 56.1 Å². The van der Waals surface area contributed by atoms with Crippen LogP contribution < -0.4 is 4.90 Å². The molecule has 6 nitrogen and oxygen atoms in total. The number of fused-ring (bicyclic) bond motifs is 1. The molecule has 1 aliphatic heterocycles. The summed E-state index contributed by atoms with van der Waals surface area (Å²) in [7, 11) is 0. The Labute approximate surface area is 112 Å². The van der Waals surface area contributed by atoms with Crippen molar-refractivity contribution >= 4 is 11.7 Å². The van der Waals surface area contributed by atoms with Crippen molar-refractivity contribution in [2.75, 3.05) is 31.1 Å². The number of nitrogens with zero attached hydrogens (tertiary/aromatic N) is 4. The molecule has 1 amide bonds. The Kier molecular flexibility index (Phi) is 3.10. The molecule has 1 aliphatic carbocycles. The molecule has 1 saturated heterocycles. The van der Waals surface area contributed by atoms with Crippen LogP contribution in [0, 0.1) is 0 Å². The topological polar surface area (TPSA) is 69.6 Å². The minimum absolute atomic E-state index is 0.128. The first-order valence-corrected chi connectivity index (χ1v) is 6.69. The lowest BCUT2D eigenvalue weighted by Crippen LogP contribution is -2.48. The van der Waals surface area contributed by atoms with E-state index in [4.69, 9.17) is 0 Å². The SMILES string of the molecule is CC(=O)N1CCN(c2ncnc3c2CC[C@H]3O)CC1. The van der Waals surface area contributed by atoms with Crippen LogP contribution in [0.5, 0.6) is 0 Å². The first-order chi connectivity index (χ1) is 9.16. The van der Waals surface area contributed by atoms with Gasteiger partial charge in [-0.25, -0.2) is 9.97 Å². The molecule has 0 spiro atoms. The molecule has 19 heavy (non-hydrogen) atoms. The van der Waals surface area contributed by atoms with Gasteiger partial charge in [0.05, 0.1) is 11.8 Å². The molecule has 1 aromatic heterocycles. The van der Waals surface area contributed by atoms with Crippen molar-refractivity contribution in [2.24, 2.45) is 0 Å². The summed E-state index contributed by atoms with van der Waals surface area (Å²) in [4.78, 5) is 23.9. The maximum Gasteiger partial charge on any atom is 0.219 e. The largest absolute Gasteiger partial charge is 0.387 e. The average Bonchev–Trinajstić information content (AvgIpc) is 2.81. The maximum absolute atomic E-state index is 11.3. The van der Waals surface area contributed by atoms with Gasteiger partial charge in [0.2, 0.25) is 5.91 Å². The Bertz CT molecular complexity index is 497. The van der Waals surface area contributed by atoms with Crippen LogP contribution in [0.25, 0.3) is 0 Å². The van der Waals surface area contributed by atoms with Gasteiger partial charge in [-0.2, -0.15) is 0 Å². The number of hydrogen-bond donors (Lipinski definition) is 1. The van der Waals surface area contributed by atoms with E-state index in [9.17, 15) is 9.90 Å². The second-order valence-corrected chi connectivity index (χ2v) is 5.11. The van der Waals surface area contributed by atoms with Crippen LogP contribution in [0.3, 0.4) is 0 Å². The van der Waals surface area contributed by atoms with Crippen LogP contribution in [0.4, 0.5) is 5.82 Å². The molecular weight excluding hydrogens is 244 g/mol. The minimum atomic E-state index is -0.449. The molecule has 0 unspecified atom stereocenters. The summed E-state index contributed by atoms with van der Waals surface area (Å²) in [5.41, 5.74) is 1.85. The zero-order valence-electron chi connectivity index (χ0n) is 11.0. The lowest BCUT2D eigenvalue weighted by molar-refractivity contribution is -0.129. The van der Waals surface area contributed by atoms with E-state index >= 15 is 0 Å². The highest BCUT2D eigenvalue weighted by atomic mass is 16.3. The Hall–Kier alpha value is -1.69. The number of carbonyl (C=O) groups excluding carboxylic acids is 1. The molecule has 2 heterocycles. The standard InChI is InChI=1S/C13H18N4O2/c1-9(18)16-4-6-17(7-5-16)13-10-2-3-11(19)12(10)14-8-15-13/h8,11,19H,2-7H2,1H3/t11-/m1/s1. The zero-order chi connectivity index (χ0) is 13.4. The third kappa shape index (κ3) is 2.16. The van der Waals surface area contributed by atoms with E-state index in [0.29, 0.717) is 0 Å². The van der Waals surface area contributed by atoms with Gasteiger partial charge in [0.1, 0.15) is 12.1 Å². The predicted octanol–water partition coefficient (Wildman–Crippen LogP) is 0.125. The van der Waals surface area contributed by atoms with Gasteiger partial charge in [-0.1, -0.05) is 0 Å². The smallest absolute Gasteiger partial charge is 0.219 e. The van der Waals surface area contributed by atoms with Crippen LogP contribution >= 0.6 is 0 Å². The van der Waals surface area contributed by atoms with Gasteiger partial charge >= 0.3 is 0 Å². The Morgan fingerprint density at radius 2 is 2.05 bits per heavy atom. The van der Waals surface area contributed by atoms with Crippen LogP contribution in [-0.2, 0) is 11.2 Å². The minimum Gasteiger partial charge on any atom is -0.387 e. The summed E-state index contributed by atoms with van der Waals surface area (Å²) in [5.74, 6) is 1.06. The van der Waals surface area contributed by atoms with E-state index in [-0.39, 0.29) is 5.91 Å². The normalized spacial score (nSPS) is 22.5. The summed E-state index contributed by atoms with van der Waals surface area (Å²) < 4.78 is 0. The van der Waals surface area contributed by atoms with Gasteiger partial charge in [-0.3, -0.25) is 4.79 Å². The lowest BCUT2D eigenvalue weighted by atomic mass is 10.2. The van der Waals surface area contributed by atoms with Gasteiger partial charge in [-0.15, -0.1) is 0 Å². The summed E-state index contributed by atoms with van der Waals surface area (Å²) in [6.07, 6.45) is 2.64. The Balaban J connectivity index is 1.80. The lowest BCUT2D eigenvalue weighted by Gasteiger charge is -2.35. The molecule has 0 bridgehead atoms. The fourth-order valence-corrected chi connectivity index (χ4v) is 2.87. The number of anilines is 1. The predicted molar refractivity (Wildman–Crippen MR) is 69.8 cm³/mol. The molecule has 1 fully saturated rings. The average molecular weight is 262 g/mol. The van der Waals surface area contributed by atoms with Crippen molar-refractivity contribution in [2.45, 2.75) is 25.9 Å². The van der Waals surface area contributed by atoms with Gasteiger partial charge < -0.3 is 14.9 Å². The van der Waals surface area contributed by atoms with Gasteiger partial charge in [0.25, 0.3) is 0 Å². The quantitative estimate of drug-likeness (QED) is 0.778. The molecule has 3 rings (SSSR count). The molecule has 6 heteroatoms. The van der Waals surface area contributed by atoms with Crippen LogP contribution in [-0.4, -0.2) is 52.1 Å². The molecule has 0 saturated carbocycles. The summed E-state index contributed by atoms with van der Waals surface area (Å²) in [6, 6.07) is 0. The van der Waals surface area contributed by atoms with Crippen LogP contribution in [0.15, 0.2) is 6.33 Å². The van der Waals surface area contributed by atoms with Crippen LogP contribution in [0.2, 0.25) is 0 Å². The van der Waals surface area contributed by atoms with Crippen molar-refractivity contribution < 1.29 is 9.90 Å². The number of hydrogen-bond acceptors (Lipinski definition) is 5. The molecule has 0 aromatic carbocycles. The zero-order valence-corrected chi connectivity index (χ0v) is 11.0. The van der Waals surface area contributed by atoms with Crippen molar-refractivity contribution in [3.05, 3.63) is 17.6 Å². The van der Waals surface area contributed by atoms with Crippen molar-refractivity contribution in [3.63, 3.8) is 0 Å². The van der Waals surface area contributed by atoms with Gasteiger partial charge in [0, 0.05) is 38.7 Å². The number of aliphatic hydroxyl groups is 1. The number of amides is 1. The van der Waals surface area contributed by atoms with E-state index in [2.05, 4.69) is 14.9 Å². The fourth-order valence-electron chi connectivity index (χ4n) is 2.87.